The van der Waals surface area contributed by atoms with E-state index in [0.29, 0.717) is 5.75 Å². The van der Waals surface area contributed by atoms with Gasteiger partial charge >= 0.3 is 5.69 Å². The Hall–Kier alpha value is -3.70. The van der Waals surface area contributed by atoms with Crippen molar-refractivity contribution in [2.45, 2.75) is 19.6 Å². The predicted molar refractivity (Wildman–Crippen MR) is 134 cm³/mol. The van der Waals surface area contributed by atoms with Gasteiger partial charge in [-0.25, -0.2) is 10.2 Å². The summed E-state index contributed by atoms with van der Waals surface area (Å²) in [5.74, 6) is 0.861. The second-order valence-electron chi connectivity index (χ2n) is 7.69. The summed E-state index contributed by atoms with van der Waals surface area (Å²) in [5, 5.41) is 14.9. The second kappa shape index (κ2) is 10.1. The molecule has 0 saturated carbocycles. The Morgan fingerprint density at radius 3 is 2.71 bits per heavy atom. The monoisotopic (exact) mass is 526 g/mol. The molecule has 10 nitrogen and oxygen atoms in total. The minimum atomic E-state index is -0.968. The average Bonchev–Trinajstić information content (AvgIpc) is 3.17. The minimum absolute atomic E-state index is 0.00417. The molecule has 11 heteroatoms. The van der Waals surface area contributed by atoms with Gasteiger partial charge in [-0.15, -0.1) is 0 Å². The van der Waals surface area contributed by atoms with E-state index >= 15 is 0 Å². The number of hydrogen-bond donors (Lipinski definition) is 3. The number of hydrazone groups is 1. The van der Waals surface area contributed by atoms with Gasteiger partial charge in [0.1, 0.15) is 18.5 Å². The number of aryl methyl sites for hydroxylation is 2. The van der Waals surface area contributed by atoms with Crippen molar-refractivity contribution in [2.24, 2.45) is 12.1 Å². The van der Waals surface area contributed by atoms with E-state index in [1.165, 1.54) is 16.2 Å². The molecule has 0 aliphatic rings. The zero-order chi connectivity index (χ0) is 24.2. The third-order valence-electron chi connectivity index (χ3n) is 5.17. The number of halogens is 1. The number of para-hydroxylation sites is 1. The summed E-state index contributed by atoms with van der Waals surface area (Å²) in [4.78, 5) is 31.3. The van der Waals surface area contributed by atoms with Crippen LogP contribution in [0.4, 0.5) is 5.95 Å². The highest BCUT2D eigenvalue weighted by Gasteiger charge is 2.20. The summed E-state index contributed by atoms with van der Waals surface area (Å²) in [7, 11) is 1.50. The first kappa shape index (κ1) is 23.5. The largest absolute Gasteiger partial charge is 0.491 e. The predicted octanol–water partition coefficient (Wildman–Crippen LogP) is 2.38. The maximum absolute atomic E-state index is 12.6. The van der Waals surface area contributed by atoms with Crippen molar-refractivity contribution in [1.82, 2.24) is 19.1 Å². The molecule has 176 valence electrons. The van der Waals surface area contributed by atoms with E-state index in [9.17, 15) is 14.7 Å². The summed E-state index contributed by atoms with van der Waals surface area (Å²) in [5.41, 5.74) is 3.71. The van der Waals surface area contributed by atoms with Crippen LogP contribution in [0.1, 0.15) is 11.1 Å². The van der Waals surface area contributed by atoms with Crippen LogP contribution in [-0.2, 0) is 13.6 Å². The lowest BCUT2D eigenvalue weighted by atomic mass is 10.2. The number of ether oxygens (including phenoxy) is 1. The molecule has 0 fully saturated rings. The number of nitrogens with one attached hydrogen (secondary N) is 2. The third-order valence-corrected chi connectivity index (χ3v) is 5.70. The molecule has 0 amide bonds. The molecule has 0 radical (unpaired) electrons. The highest BCUT2D eigenvalue weighted by molar-refractivity contribution is 9.10. The van der Waals surface area contributed by atoms with Crippen molar-refractivity contribution >= 4 is 39.3 Å². The Labute approximate surface area is 202 Å². The molecule has 0 spiro atoms. The topological polar surface area (TPSA) is 127 Å². The SMILES string of the molecule is Cc1ccccc1OC[C@H](O)Cn1c(N/N=C\c2ccc(Br)cc2)nc2c1c(=O)[nH]c(=O)n2C. The number of aromatic amines is 1. The normalized spacial score (nSPS) is 12.4. The minimum Gasteiger partial charge on any atom is -0.491 e. The number of aromatic nitrogens is 4. The van der Waals surface area contributed by atoms with Crippen LogP contribution in [0.3, 0.4) is 0 Å². The lowest BCUT2D eigenvalue weighted by Gasteiger charge is -2.16. The number of H-pyrrole nitrogens is 1. The van der Waals surface area contributed by atoms with Crippen molar-refractivity contribution in [2.75, 3.05) is 12.0 Å². The van der Waals surface area contributed by atoms with Gasteiger partial charge in [-0.3, -0.25) is 14.3 Å². The van der Waals surface area contributed by atoms with E-state index in [0.717, 1.165) is 15.6 Å². The van der Waals surface area contributed by atoms with Crippen molar-refractivity contribution in [3.05, 3.63) is 85.0 Å². The van der Waals surface area contributed by atoms with Crippen LogP contribution in [-0.4, -0.2) is 43.1 Å². The molecule has 34 heavy (non-hydrogen) atoms. The molecule has 4 aromatic rings. The summed E-state index contributed by atoms with van der Waals surface area (Å²) >= 11 is 3.39. The number of benzene rings is 2. The summed E-state index contributed by atoms with van der Waals surface area (Å²) in [6.45, 7) is 1.90. The molecule has 0 saturated heterocycles. The number of fused-ring (bicyclic) bond motifs is 1. The van der Waals surface area contributed by atoms with Crippen LogP contribution in [0, 0.1) is 6.92 Å². The van der Waals surface area contributed by atoms with Gasteiger partial charge < -0.3 is 14.4 Å². The second-order valence-corrected chi connectivity index (χ2v) is 8.60. The van der Waals surface area contributed by atoms with E-state index in [-0.39, 0.29) is 30.3 Å². The molecule has 2 aromatic carbocycles. The van der Waals surface area contributed by atoms with Crippen molar-refractivity contribution in [1.29, 1.82) is 0 Å². The number of imidazole rings is 1. The number of aliphatic hydroxyl groups is 1. The van der Waals surface area contributed by atoms with Gasteiger partial charge in [-0.05, 0) is 36.2 Å². The molecule has 3 N–H and O–H groups in total. The van der Waals surface area contributed by atoms with E-state index in [1.807, 2.05) is 55.5 Å². The van der Waals surface area contributed by atoms with Crippen molar-refractivity contribution in [3.8, 4) is 5.75 Å². The van der Waals surface area contributed by atoms with E-state index < -0.39 is 17.4 Å². The van der Waals surface area contributed by atoms with E-state index in [2.05, 4.69) is 36.4 Å². The number of rotatable bonds is 8. The van der Waals surface area contributed by atoms with Gasteiger partial charge in [0, 0.05) is 11.5 Å². The standard InChI is InChI=1S/C23H23BrN6O4/c1-14-5-3-4-6-18(14)34-13-17(31)12-30-19-20(29(2)23(33)27-21(19)32)26-22(30)28-25-11-15-7-9-16(24)10-8-15/h3-11,17,31H,12-13H2,1-2H3,(H,26,28)(H,27,32,33)/b25-11-/t17-/m1/s1. The van der Waals surface area contributed by atoms with Crippen LogP contribution >= 0.6 is 15.9 Å². The Morgan fingerprint density at radius 1 is 1.24 bits per heavy atom. The molecule has 0 aliphatic carbocycles. The van der Waals surface area contributed by atoms with Gasteiger partial charge in [0.25, 0.3) is 5.56 Å². The third kappa shape index (κ3) is 5.10. The number of anilines is 1. The quantitative estimate of drug-likeness (QED) is 0.239. The highest BCUT2D eigenvalue weighted by atomic mass is 79.9. The number of nitrogens with zero attached hydrogens (tertiary/aromatic N) is 4. The zero-order valence-electron chi connectivity index (χ0n) is 18.5. The molecule has 1 atom stereocenters. The highest BCUT2D eigenvalue weighted by Crippen LogP contribution is 2.19. The summed E-state index contributed by atoms with van der Waals surface area (Å²) < 4.78 is 9.40. The fraction of sp³-hybridized carbons (Fsp3) is 0.217. The van der Waals surface area contributed by atoms with Gasteiger partial charge in [-0.1, -0.05) is 46.3 Å². The van der Waals surface area contributed by atoms with Gasteiger partial charge in [-0.2, -0.15) is 10.1 Å². The molecule has 0 unspecified atom stereocenters. The fourth-order valence-corrected chi connectivity index (χ4v) is 3.64. The van der Waals surface area contributed by atoms with Crippen molar-refractivity contribution in [3.63, 3.8) is 0 Å². The van der Waals surface area contributed by atoms with Crippen LogP contribution in [0.5, 0.6) is 5.75 Å². The van der Waals surface area contributed by atoms with Crippen LogP contribution in [0.2, 0.25) is 0 Å². The molecular formula is C23H23BrN6O4. The van der Waals surface area contributed by atoms with Crippen LogP contribution in [0.25, 0.3) is 11.2 Å². The maximum Gasteiger partial charge on any atom is 0.329 e. The molecule has 0 bridgehead atoms. The molecular weight excluding hydrogens is 504 g/mol. The summed E-state index contributed by atoms with van der Waals surface area (Å²) in [6.07, 6.45) is 0.626. The number of hydrogen-bond acceptors (Lipinski definition) is 7. The smallest absolute Gasteiger partial charge is 0.329 e. The Morgan fingerprint density at radius 2 is 1.97 bits per heavy atom. The number of aliphatic hydroxyl groups excluding tert-OH is 1. The Balaban J connectivity index is 1.62. The maximum atomic E-state index is 12.6. The fourth-order valence-electron chi connectivity index (χ4n) is 3.38. The molecule has 2 aromatic heterocycles. The molecule has 4 rings (SSSR count). The molecule has 2 heterocycles. The first-order valence-electron chi connectivity index (χ1n) is 10.4. The average molecular weight is 527 g/mol. The van der Waals surface area contributed by atoms with Gasteiger partial charge in [0.2, 0.25) is 5.95 Å². The van der Waals surface area contributed by atoms with Crippen LogP contribution in [0.15, 0.2) is 67.7 Å². The molecule has 0 aliphatic heterocycles. The van der Waals surface area contributed by atoms with E-state index in [4.69, 9.17) is 4.74 Å². The zero-order valence-corrected chi connectivity index (χ0v) is 20.1. The Kier molecular flexibility index (Phi) is 6.94. The van der Waals surface area contributed by atoms with Gasteiger partial charge in [0.05, 0.1) is 12.8 Å². The first-order valence-corrected chi connectivity index (χ1v) is 11.2. The Bertz CT molecular complexity index is 1460. The first-order chi connectivity index (χ1) is 16.3. The van der Waals surface area contributed by atoms with Crippen LogP contribution < -0.4 is 21.4 Å². The van der Waals surface area contributed by atoms with Gasteiger partial charge in [0.15, 0.2) is 11.2 Å². The lowest BCUT2D eigenvalue weighted by molar-refractivity contribution is 0.0935. The van der Waals surface area contributed by atoms with E-state index in [1.54, 1.807) is 6.21 Å². The van der Waals surface area contributed by atoms with Crippen molar-refractivity contribution < 1.29 is 9.84 Å². The lowest BCUT2D eigenvalue weighted by Crippen LogP contribution is -2.30. The summed E-state index contributed by atoms with van der Waals surface area (Å²) in [6, 6.07) is 15.0.